The quantitative estimate of drug-likeness (QED) is 0.867. The van der Waals surface area contributed by atoms with Crippen molar-refractivity contribution in [1.29, 1.82) is 0 Å². The third-order valence-electron chi connectivity index (χ3n) is 3.10. The summed E-state index contributed by atoms with van der Waals surface area (Å²) in [7, 11) is 0. The Morgan fingerprint density at radius 1 is 1.44 bits per heavy atom. The van der Waals surface area contributed by atoms with Crippen molar-refractivity contribution in [3.63, 3.8) is 0 Å². The highest BCUT2D eigenvalue weighted by Crippen LogP contribution is 2.23. The third kappa shape index (κ3) is 2.44. The predicted octanol–water partition coefficient (Wildman–Crippen LogP) is 1.80. The highest BCUT2D eigenvalue weighted by atomic mass is 79.9. The van der Waals surface area contributed by atoms with Gasteiger partial charge in [-0.15, -0.1) is 0 Å². The van der Waals surface area contributed by atoms with Gasteiger partial charge in [-0.25, -0.2) is 9.97 Å². The van der Waals surface area contributed by atoms with Gasteiger partial charge in [-0.3, -0.25) is 9.58 Å². The zero-order valence-corrected chi connectivity index (χ0v) is 11.7. The van der Waals surface area contributed by atoms with E-state index in [1.165, 1.54) is 0 Å². The zero-order valence-electron chi connectivity index (χ0n) is 10.1. The second kappa shape index (κ2) is 4.78. The number of nitrogens with zero attached hydrogens (tertiary/aromatic N) is 5. The molecule has 0 radical (unpaired) electrons. The average molecular weight is 308 g/mol. The molecule has 0 unspecified atom stereocenters. The number of likely N-dealkylation sites (tertiary alicyclic amines) is 1. The first kappa shape index (κ1) is 11.8. The number of rotatable bonds is 3. The van der Waals surface area contributed by atoms with E-state index in [4.69, 9.17) is 0 Å². The summed E-state index contributed by atoms with van der Waals surface area (Å²) >= 11 is 3.42. The van der Waals surface area contributed by atoms with Gasteiger partial charge in [0.1, 0.15) is 5.82 Å². The van der Waals surface area contributed by atoms with E-state index in [1.807, 2.05) is 36.3 Å². The van der Waals surface area contributed by atoms with Crippen LogP contribution in [0.3, 0.4) is 0 Å². The maximum Gasteiger partial charge on any atom is 0.125 e. The van der Waals surface area contributed by atoms with E-state index in [9.17, 15) is 0 Å². The Kier molecular flexibility index (Phi) is 3.13. The van der Waals surface area contributed by atoms with Crippen molar-refractivity contribution in [3.05, 3.63) is 40.6 Å². The minimum atomic E-state index is 0.485. The Bertz CT molecular complexity index is 547. The summed E-state index contributed by atoms with van der Waals surface area (Å²) in [4.78, 5) is 10.9. The van der Waals surface area contributed by atoms with Gasteiger partial charge >= 0.3 is 0 Å². The molecule has 3 heterocycles. The Hall–Kier alpha value is -1.27. The summed E-state index contributed by atoms with van der Waals surface area (Å²) in [6, 6.07) is 2.46. The van der Waals surface area contributed by atoms with Crippen LogP contribution in [0, 0.1) is 6.92 Å². The van der Waals surface area contributed by atoms with Crippen molar-refractivity contribution in [2.75, 3.05) is 13.1 Å². The molecule has 18 heavy (non-hydrogen) atoms. The molecule has 0 N–H and O–H groups in total. The van der Waals surface area contributed by atoms with Crippen LogP contribution in [-0.4, -0.2) is 37.7 Å². The molecule has 1 fully saturated rings. The molecule has 0 aliphatic carbocycles. The second-order valence-corrected chi connectivity index (χ2v) is 5.50. The number of aromatic nitrogens is 4. The zero-order chi connectivity index (χ0) is 12.5. The first-order valence-corrected chi connectivity index (χ1v) is 6.70. The fourth-order valence-electron chi connectivity index (χ4n) is 2.18. The molecular formula is C12H14BrN5. The highest BCUT2D eigenvalue weighted by molar-refractivity contribution is 9.10. The molecule has 6 heteroatoms. The van der Waals surface area contributed by atoms with Crippen LogP contribution < -0.4 is 0 Å². The van der Waals surface area contributed by atoms with Crippen LogP contribution >= 0.6 is 15.9 Å². The molecule has 1 aliphatic heterocycles. The minimum absolute atomic E-state index is 0.485. The van der Waals surface area contributed by atoms with Gasteiger partial charge in [-0.1, -0.05) is 0 Å². The van der Waals surface area contributed by atoms with Crippen LogP contribution in [0.1, 0.15) is 17.6 Å². The first-order valence-electron chi connectivity index (χ1n) is 5.91. The summed E-state index contributed by atoms with van der Waals surface area (Å²) in [5.41, 5.74) is 1.09. The Balaban J connectivity index is 1.56. The standard InChI is InChI=1S/C12H14BrN5/c1-9-14-3-2-11(16-9)6-17-7-12(8-17)18-5-10(13)4-15-18/h2-5,12H,6-8H2,1H3. The fraction of sp³-hybridized carbons (Fsp3) is 0.417. The van der Waals surface area contributed by atoms with Crippen LogP contribution in [0.15, 0.2) is 29.1 Å². The summed E-state index contributed by atoms with van der Waals surface area (Å²) in [6.07, 6.45) is 5.67. The first-order chi connectivity index (χ1) is 8.70. The van der Waals surface area contributed by atoms with Crippen LogP contribution in [-0.2, 0) is 6.54 Å². The van der Waals surface area contributed by atoms with Crippen molar-refractivity contribution in [1.82, 2.24) is 24.6 Å². The Labute approximate surface area is 114 Å². The smallest absolute Gasteiger partial charge is 0.125 e. The van der Waals surface area contributed by atoms with Gasteiger partial charge in [-0.05, 0) is 28.9 Å². The number of hydrogen-bond acceptors (Lipinski definition) is 4. The van der Waals surface area contributed by atoms with E-state index in [1.54, 1.807) is 0 Å². The summed E-state index contributed by atoms with van der Waals surface area (Å²) < 4.78 is 3.05. The molecule has 0 bridgehead atoms. The van der Waals surface area contributed by atoms with Gasteiger partial charge in [0.25, 0.3) is 0 Å². The van der Waals surface area contributed by atoms with Crippen molar-refractivity contribution in [2.24, 2.45) is 0 Å². The number of aryl methyl sites for hydroxylation is 1. The predicted molar refractivity (Wildman–Crippen MR) is 71.0 cm³/mol. The molecule has 0 aromatic carbocycles. The average Bonchev–Trinajstić information content (AvgIpc) is 2.69. The van der Waals surface area contributed by atoms with E-state index in [2.05, 4.69) is 35.9 Å². The lowest BCUT2D eigenvalue weighted by molar-refractivity contribution is 0.0894. The number of hydrogen-bond donors (Lipinski definition) is 0. The molecular weight excluding hydrogens is 294 g/mol. The molecule has 3 rings (SSSR count). The molecule has 0 amide bonds. The van der Waals surface area contributed by atoms with Crippen LogP contribution in [0.2, 0.25) is 0 Å². The van der Waals surface area contributed by atoms with Crippen molar-refractivity contribution in [2.45, 2.75) is 19.5 Å². The van der Waals surface area contributed by atoms with Crippen molar-refractivity contribution in [3.8, 4) is 0 Å². The molecule has 0 saturated carbocycles. The largest absolute Gasteiger partial charge is 0.293 e. The molecule has 0 spiro atoms. The Morgan fingerprint density at radius 3 is 2.94 bits per heavy atom. The van der Waals surface area contributed by atoms with Crippen molar-refractivity contribution >= 4 is 15.9 Å². The lowest BCUT2D eigenvalue weighted by Crippen LogP contribution is -2.47. The third-order valence-corrected chi connectivity index (χ3v) is 3.51. The lowest BCUT2D eigenvalue weighted by Gasteiger charge is -2.38. The van der Waals surface area contributed by atoms with Crippen LogP contribution in [0.4, 0.5) is 0 Å². The number of halogens is 1. The van der Waals surface area contributed by atoms with Gasteiger partial charge in [-0.2, -0.15) is 5.10 Å². The lowest BCUT2D eigenvalue weighted by atomic mass is 10.1. The van der Waals surface area contributed by atoms with Crippen LogP contribution in [0.25, 0.3) is 0 Å². The summed E-state index contributed by atoms with van der Waals surface area (Å²) in [5.74, 6) is 0.834. The summed E-state index contributed by atoms with van der Waals surface area (Å²) in [5, 5.41) is 4.31. The van der Waals surface area contributed by atoms with Gasteiger partial charge in [0.05, 0.1) is 22.4 Å². The molecule has 1 saturated heterocycles. The normalized spacial score (nSPS) is 16.8. The maximum atomic E-state index is 4.41. The molecule has 5 nitrogen and oxygen atoms in total. The van der Waals surface area contributed by atoms with E-state index >= 15 is 0 Å². The van der Waals surface area contributed by atoms with Gasteiger partial charge in [0, 0.05) is 32.0 Å². The SMILES string of the molecule is Cc1nccc(CN2CC(n3cc(Br)cn3)C2)n1. The van der Waals surface area contributed by atoms with Gasteiger partial charge < -0.3 is 0 Å². The van der Waals surface area contributed by atoms with Gasteiger partial charge in [0.15, 0.2) is 0 Å². The minimum Gasteiger partial charge on any atom is -0.293 e. The summed E-state index contributed by atoms with van der Waals surface area (Å²) in [6.45, 7) is 4.86. The van der Waals surface area contributed by atoms with Crippen molar-refractivity contribution < 1.29 is 0 Å². The second-order valence-electron chi connectivity index (χ2n) is 4.58. The van der Waals surface area contributed by atoms with E-state index in [0.717, 1.165) is 35.6 Å². The maximum absolute atomic E-state index is 4.41. The molecule has 2 aromatic rings. The van der Waals surface area contributed by atoms with E-state index in [-0.39, 0.29) is 0 Å². The van der Waals surface area contributed by atoms with E-state index < -0.39 is 0 Å². The molecule has 0 atom stereocenters. The fourth-order valence-corrected chi connectivity index (χ4v) is 2.48. The van der Waals surface area contributed by atoms with Crippen LogP contribution in [0.5, 0.6) is 0 Å². The van der Waals surface area contributed by atoms with E-state index in [0.29, 0.717) is 6.04 Å². The molecule has 2 aromatic heterocycles. The molecule has 94 valence electrons. The molecule has 1 aliphatic rings. The van der Waals surface area contributed by atoms with Gasteiger partial charge in [0.2, 0.25) is 0 Å². The topological polar surface area (TPSA) is 46.8 Å². The monoisotopic (exact) mass is 307 g/mol. The highest BCUT2D eigenvalue weighted by Gasteiger charge is 2.28. The Morgan fingerprint density at radius 2 is 2.28 bits per heavy atom.